The second-order valence-electron chi connectivity index (χ2n) is 19.6. The SMILES string of the molecule is COc1ccc2c(O[C@@H]3C[C@H]4C(=O)N[C@]5(C(=O)NS(=O)(=O)C6(C)CC6)C[C@H]5C=CCC[C@@H](C)C[C@@H](C)[C@H](NC(=O)OC(C)(C)C(F)(F)F)C(=O)N4C3)cc(-c3ccc(OC(C)C)cc3)nc2c1. The second-order valence-corrected chi connectivity index (χ2v) is 21.8. The van der Waals surface area contributed by atoms with Crippen molar-refractivity contribution in [3.8, 4) is 28.5 Å². The van der Waals surface area contributed by atoms with Crippen LogP contribution >= 0.6 is 0 Å². The summed E-state index contributed by atoms with van der Waals surface area (Å²) in [6.07, 6.45) is -1.53. The third kappa shape index (κ3) is 10.6. The first-order valence-electron chi connectivity index (χ1n) is 22.7. The smallest absolute Gasteiger partial charge is 0.427 e. The summed E-state index contributed by atoms with van der Waals surface area (Å²) < 4.78 is 92.4. The maximum absolute atomic E-state index is 15.0. The van der Waals surface area contributed by atoms with Crippen molar-refractivity contribution in [1.82, 2.24) is 25.2 Å². The predicted octanol–water partition coefficient (Wildman–Crippen LogP) is 7.37. The Balaban J connectivity index is 1.26. The van der Waals surface area contributed by atoms with Crippen LogP contribution < -0.4 is 29.6 Å². The molecule has 0 unspecified atom stereocenters. The van der Waals surface area contributed by atoms with Crippen molar-refractivity contribution in [3.63, 3.8) is 0 Å². The van der Waals surface area contributed by atoms with Crippen LogP contribution in [0.3, 0.4) is 0 Å². The van der Waals surface area contributed by atoms with E-state index in [-0.39, 0.29) is 31.4 Å². The zero-order valence-electron chi connectivity index (χ0n) is 39.0. The summed E-state index contributed by atoms with van der Waals surface area (Å²) >= 11 is 0. The largest absolute Gasteiger partial charge is 0.497 e. The van der Waals surface area contributed by atoms with Crippen LogP contribution in [0.1, 0.15) is 93.4 Å². The second kappa shape index (κ2) is 18.5. The maximum Gasteiger partial charge on any atom is 0.427 e. The number of hydrogen-bond donors (Lipinski definition) is 3. The Bertz CT molecular complexity index is 2530. The van der Waals surface area contributed by atoms with Gasteiger partial charge in [0.25, 0.3) is 5.91 Å². The molecule has 2 aliphatic heterocycles. The number of fused-ring (bicyclic) bond motifs is 3. The molecule has 19 heteroatoms. The van der Waals surface area contributed by atoms with Crippen molar-refractivity contribution in [2.75, 3.05) is 13.7 Å². The number of allylic oxidation sites excluding steroid dienone is 1. The topological polar surface area (TPSA) is 192 Å². The number of amides is 4. The first-order chi connectivity index (χ1) is 31.3. The van der Waals surface area contributed by atoms with Crippen molar-refractivity contribution in [3.05, 3.63) is 60.7 Å². The minimum atomic E-state index is -4.93. The third-order valence-corrected chi connectivity index (χ3v) is 15.5. The molecule has 0 spiro atoms. The lowest BCUT2D eigenvalue weighted by Gasteiger charge is -2.34. The minimum absolute atomic E-state index is 0.0443. The molecule has 15 nitrogen and oxygen atoms in total. The molecule has 7 atom stereocenters. The Morgan fingerprint density at radius 1 is 1.00 bits per heavy atom. The molecular formula is C48H60F3N5O10S. The van der Waals surface area contributed by atoms with Gasteiger partial charge in [-0.1, -0.05) is 26.0 Å². The number of hydrogen-bond acceptors (Lipinski definition) is 11. The maximum atomic E-state index is 15.0. The number of alkyl halides is 3. The van der Waals surface area contributed by atoms with Gasteiger partial charge in [-0.05, 0) is 121 Å². The molecule has 2 aliphatic carbocycles. The molecule has 1 saturated heterocycles. The van der Waals surface area contributed by atoms with Gasteiger partial charge in [-0.2, -0.15) is 13.2 Å². The quantitative estimate of drug-likeness (QED) is 0.163. The molecule has 0 radical (unpaired) electrons. The highest BCUT2D eigenvalue weighted by Crippen LogP contribution is 2.48. The zero-order valence-corrected chi connectivity index (χ0v) is 39.8. The van der Waals surface area contributed by atoms with Gasteiger partial charge in [0.05, 0.1) is 35.7 Å². The number of pyridine rings is 1. The first-order valence-corrected chi connectivity index (χ1v) is 24.2. The lowest BCUT2D eigenvalue weighted by atomic mass is 9.88. The van der Waals surface area contributed by atoms with Crippen LogP contribution in [0.25, 0.3) is 22.2 Å². The number of nitrogens with one attached hydrogen (secondary N) is 3. The molecule has 3 N–H and O–H groups in total. The highest BCUT2D eigenvalue weighted by atomic mass is 32.2. The number of sulfonamides is 1. The average Bonchev–Trinajstić information content (AvgIpc) is 4.13. The van der Waals surface area contributed by atoms with Gasteiger partial charge in [-0.15, -0.1) is 0 Å². The number of nitrogens with zero attached hydrogens (tertiary/aromatic N) is 2. The summed E-state index contributed by atoms with van der Waals surface area (Å²) in [5.74, 6) is -2.22. The van der Waals surface area contributed by atoms with Crippen molar-refractivity contribution >= 4 is 44.7 Å². The lowest BCUT2D eigenvalue weighted by Crippen LogP contribution is -2.59. The summed E-state index contributed by atoms with van der Waals surface area (Å²) in [7, 11) is -2.58. The van der Waals surface area contributed by atoms with Gasteiger partial charge >= 0.3 is 12.3 Å². The van der Waals surface area contributed by atoms with Crippen LogP contribution in [0.5, 0.6) is 17.2 Å². The molecular weight excluding hydrogens is 896 g/mol. The van der Waals surface area contributed by atoms with E-state index in [1.807, 2.05) is 51.1 Å². The van der Waals surface area contributed by atoms with E-state index >= 15 is 4.79 Å². The molecule has 67 heavy (non-hydrogen) atoms. The van der Waals surface area contributed by atoms with Crippen LogP contribution in [-0.2, 0) is 29.1 Å². The Labute approximate surface area is 388 Å². The van der Waals surface area contributed by atoms with Crippen LogP contribution in [-0.4, -0.2) is 102 Å². The van der Waals surface area contributed by atoms with E-state index in [0.717, 1.165) is 5.56 Å². The van der Waals surface area contributed by atoms with Gasteiger partial charge in [0, 0.05) is 35.4 Å². The zero-order chi connectivity index (χ0) is 48.9. The van der Waals surface area contributed by atoms with E-state index in [9.17, 15) is 36.0 Å². The molecule has 7 rings (SSSR count). The lowest BCUT2D eigenvalue weighted by molar-refractivity contribution is -0.244. The molecule has 3 fully saturated rings. The Morgan fingerprint density at radius 2 is 1.69 bits per heavy atom. The van der Waals surface area contributed by atoms with Crippen molar-refractivity contribution in [2.24, 2.45) is 17.8 Å². The molecule has 1 aromatic heterocycles. The van der Waals surface area contributed by atoms with Crippen LogP contribution in [0.15, 0.2) is 60.7 Å². The van der Waals surface area contributed by atoms with Gasteiger partial charge in [0.15, 0.2) is 0 Å². The van der Waals surface area contributed by atoms with Crippen molar-refractivity contribution < 1.29 is 59.7 Å². The highest BCUT2D eigenvalue weighted by Gasteiger charge is 2.63. The summed E-state index contributed by atoms with van der Waals surface area (Å²) in [5.41, 5.74) is -2.81. The van der Waals surface area contributed by atoms with E-state index < -0.39 is 85.9 Å². The van der Waals surface area contributed by atoms with E-state index in [2.05, 4.69) is 15.4 Å². The van der Waals surface area contributed by atoms with E-state index in [1.165, 1.54) is 18.9 Å². The summed E-state index contributed by atoms with van der Waals surface area (Å²) in [6.45, 7) is 10.2. The minimum Gasteiger partial charge on any atom is -0.497 e. The number of carbonyl (C=O) groups excluding carboxylic acids is 4. The Hall–Kier alpha value is -5.59. The molecule has 2 aromatic carbocycles. The van der Waals surface area contributed by atoms with Gasteiger partial charge < -0.3 is 34.5 Å². The Morgan fingerprint density at radius 3 is 2.33 bits per heavy atom. The van der Waals surface area contributed by atoms with E-state index in [1.54, 1.807) is 37.3 Å². The van der Waals surface area contributed by atoms with Crippen molar-refractivity contribution in [1.29, 1.82) is 0 Å². The molecule has 4 aliphatic rings. The van der Waals surface area contributed by atoms with Gasteiger partial charge in [-0.3, -0.25) is 19.1 Å². The van der Waals surface area contributed by atoms with Crippen LogP contribution in [0, 0.1) is 17.8 Å². The number of rotatable bonds is 11. The molecule has 0 bridgehead atoms. The predicted molar refractivity (Wildman–Crippen MR) is 243 cm³/mol. The normalized spacial score (nSPS) is 26.6. The van der Waals surface area contributed by atoms with Gasteiger partial charge in [-0.25, -0.2) is 18.2 Å². The van der Waals surface area contributed by atoms with E-state index in [4.69, 9.17) is 23.9 Å². The Kier molecular flexibility index (Phi) is 13.6. The number of ether oxygens (including phenoxy) is 4. The molecule has 364 valence electrons. The number of aromatic nitrogens is 1. The van der Waals surface area contributed by atoms with E-state index in [0.29, 0.717) is 79.8 Å². The standard InChI is InChI=1S/C48H60F3N5O10S/c1-27(2)64-32-15-13-30(14-16-32)36-24-39(35-18-17-33(63-8)22-37(35)52-36)65-34-23-38-41(57)54-47(43(59)55-67(61,62)46(7)19-20-46)25-31(47)12-10-9-11-28(3)21-29(4)40(42(58)56(38)26-34)53-44(60)66-45(5,6)48(49,50)51/h10,12-18,22,24,27-29,31,34,38,40H,9,11,19-21,23,25-26H2,1-8H3,(H,53,60)(H,54,57)(H,55,59)/t28-,29-,31-,34-,38+,40+,47-/m1/s1. The number of alkyl carbamates (subject to hydrolysis) is 1. The fraction of sp³-hybridized carbons (Fsp3) is 0.562. The average molecular weight is 956 g/mol. The summed E-state index contributed by atoms with van der Waals surface area (Å²) in [4.78, 5) is 63.4. The summed E-state index contributed by atoms with van der Waals surface area (Å²) in [6, 6.07) is 11.5. The van der Waals surface area contributed by atoms with Crippen LogP contribution in [0.2, 0.25) is 0 Å². The number of carbonyl (C=O) groups is 4. The summed E-state index contributed by atoms with van der Waals surface area (Å²) in [5, 5.41) is 5.83. The number of benzene rings is 2. The highest BCUT2D eigenvalue weighted by molar-refractivity contribution is 7.91. The molecule has 3 aromatic rings. The molecule has 4 amide bonds. The molecule has 3 heterocycles. The van der Waals surface area contributed by atoms with Gasteiger partial charge in [0.1, 0.15) is 41.0 Å². The fourth-order valence-corrected chi connectivity index (χ4v) is 10.1. The van der Waals surface area contributed by atoms with Crippen LogP contribution in [0.4, 0.5) is 18.0 Å². The monoisotopic (exact) mass is 955 g/mol. The van der Waals surface area contributed by atoms with Crippen molar-refractivity contribution in [2.45, 2.75) is 140 Å². The fourth-order valence-electron chi connectivity index (χ4n) is 8.75. The number of methoxy groups -OCH3 is 1. The number of halogens is 3. The first kappa shape index (κ1) is 49.3. The molecule has 2 saturated carbocycles. The van der Waals surface area contributed by atoms with Gasteiger partial charge in [0.2, 0.25) is 27.4 Å². The third-order valence-electron chi connectivity index (χ3n) is 13.3.